The Morgan fingerprint density at radius 1 is 0.860 bits per heavy atom. The summed E-state index contributed by atoms with van der Waals surface area (Å²) in [7, 11) is -3.59. The summed E-state index contributed by atoms with van der Waals surface area (Å²) in [5, 5.41) is 3.45. The van der Waals surface area contributed by atoms with Gasteiger partial charge in [-0.2, -0.15) is 0 Å². The molecule has 0 aliphatic heterocycles. The lowest BCUT2D eigenvalue weighted by Gasteiger charge is -2.32. The Bertz CT molecular complexity index is 1630. The van der Waals surface area contributed by atoms with Crippen LogP contribution in [0.15, 0.2) is 108 Å². The second-order valence-corrected chi connectivity index (χ2v) is 12.1. The smallest absolute Gasteiger partial charge is 0.247 e. The number of aryl methyl sites for hydroxylation is 1. The molecule has 0 spiro atoms. The summed E-state index contributed by atoms with van der Waals surface area (Å²) in [6.07, 6.45) is 0.380. The molecule has 7 nitrogen and oxygen atoms in total. The van der Waals surface area contributed by atoms with Gasteiger partial charge in [0.15, 0.2) is 0 Å². The van der Waals surface area contributed by atoms with Crippen LogP contribution >= 0.6 is 11.6 Å². The molecule has 43 heavy (non-hydrogen) atoms. The third-order valence-corrected chi connectivity index (χ3v) is 8.80. The van der Waals surface area contributed by atoms with E-state index in [4.69, 9.17) is 11.6 Å². The van der Waals surface area contributed by atoms with Crippen molar-refractivity contribution in [2.45, 2.75) is 43.8 Å². The van der Waals surface area contributed by atoms with E-state index in [0.29, 0.717) is 22.6 Å². The number of sulfonamides is 1. The minimum absolute atomic E-state index is 0.0572. The molecule has 2 amide bonds. The molecule has 4 rings (SSSR count). The van der Waals surface area contributed by atoms with Gasteiger partial charge in [-0.25, -0.2) is 17.5 Å². The minimum atomic E-state index is -3.59. The van der Waals surface area contributed by atoms with E-state index in [1.54, 1.807) is 67.6 Å². The molecule has 0 aliphatic rings. The summed E-state index contributed by atoms with van der Waals surface area (Å²) in [6.45, 7) is 2.21. The van der Waals surface area contributed by atoms with Gasteiger partial charge in [0.25, 0.3) is 0 Å². The molecule has 0 fully saturated rings. The fourth-order valence-electron chi connectivity index (χ4n) is 4.64. The van der Waals surface area contributed by atoms with E-state index in [-0.39, 0.29) is 42.8 Å². The maximum absolute atomic E-state index is 13.9. The van der Waals surface area contributed by atoms with Crippen molar-refractivity contribution >= 4 is 33.4 Å². The number of amides is 2. The molecule has 0 saturated carbocycles. The first-order chi connectivity index (χ1) is 20.7. The van der Waals surface area contributed by atoms with Crippen molar-refractivity contribution in [3.05, 3.63) is 136 Å². The van der Waals surface area contributed by atoms with Crippen molar-refractivity contribution in [2.75, 3.05) is 6.54 Å². The van der Waals surface area contributed by atoms with Crippen LogP contribution in [0.2, 0.25) is 5.02 Å². The number of hydrogen-bond donors (Lipinski definition) is 2. The number of benzene rings is 4. The largest absolute Gasteiger partial charge is 0.350 e. The zero-order valence-corrected chi connectivity index (χ0v) is 25.2. The van der Waals surface area contributed by atoms with Gasteiger partial charge in [-0.3, -0.25) is 9.59 Å². The molecule has 1 atom stereocenters. The highest BCUT2D eigenvalue weighted by Gasteiger charge is 2.31. The molecule has 0 aliphatic carbocycles. The molecule has 1 unspecified atom stereocenters. The Labute approximate surface area is 256 Å². The third-order valence-electron chi connectivity index (χ3n) is 6.87. The lowest BCUT2D eigenvalue weighted by Crippen LogP contribution is -2.43. The number of nitrogens with zero attached hydrogens (tertiary/aromatic N) is 1. The van der Waals surface area contributed by atoms with E-state index in [0.717, 1.165) is 11.1 Å². The highest BCUT2D eigenvalue weighted by molar-refractivity contribution is 7.89. The number of carbonyl (C=O) groups is 2. The summed E-state index contributed by atoms with van der Waals surface area (Å²) in [5.41, 5.74) is 2.78. The van der Waals surface area contributed by atoms with Crippen LogP contribution in [-0.2, 0) is 39.1 Å². The predicted molar refractivity (Wildman–Crippen MR) is 165 cm³/mol. The lowest BCUT2D eigenvalue weighted by molar-refractivity contribution is -0.141. The quantitative estimate of drug-likeness (QED) is 0.197. The maximum atomic E-state index is 13.9. The second-order valence-electron chi connectivity index (χ2n) is 9.92. The number of halogens is 2. The highest BCUT2D eigenvalue weighted by Crippen LogP contribution is 2.26. The first-order valence-corrected chi connectivity index (χ1v) is 15.7. The summed E-state index contributed by atoms with van der Waals surface area (Å²) in [4.78, 5) is 29.3. The van der Waals surface area contributed by atoms with Crippen molar-refractivity contribution in [1.82, 2.24) is 14.9 Å². The summed E-state index contributed by atoms with van der Waals surface area (Å²) < 4.78 is 40.7. The molecule has 2 N–H and O–H groups in total. The van der Waals surface area contributed by atoms with Gasteiger partial charge in [-0.1, -0.05) is 91.3 Å². The normalized spacial score (nSPS) is 12.0. The Morgan fingerprint density at radius 2 is 1.49 bits per heavy atom. The van der Waals surface area contributed by atoms with Gasteiger partial charge in [0.2, 0.25) is 21.8 Å². The molecule has 0 bridgehead atoms. The Hall–Kier alpha value is -4.05. The van der Waals surface area contributed by atoms with Gasteiger partial charge in [0.05, 0.1) is 4.90 Å². The van der Waals surface area contributed by atoms with E-state index in [1.807, 2.05) is 18.2 Å². The van der Waals surface area contributed by atoms with Crippen LogP contribution in [0.1, 0.15) is 41.6 Å². The van der Waals surface area contributed by atoms with Crippen LogP contribution in [0.5, 0.6) is 0 Å². The topological polar surface area (TPSA) is 95.6 Å². The predicted octanol–water partition coefficient (Wildman–Crippen LogP) is 5.80. The van der Waals surface area contributed by atoms with Gasteiger partial charge in [0, 0.05) is 31.1 Å². The van der Waals surface area contributed by atoms with Crippen LogP contribution in [0.25, 0.3) is 0 Å². The Kier molecular flexibility index (Phi) is 11.1. The Morgan fingerprint density at radius 3 is 2.14 bits per heavy atom. The Balaban J connectivity index is 1.60. The first-order valence-electron chi connectivity index (χ1n) is 13.9. The molecule has 0 heterocycles. The van der Waals surface area contributed by atoms with Gasteiger partial charge in [-0.15, -0.1) is 0 Å². The standard InChI is InChI=1S/C33H33ClFN3O4S/c1-2-37-43(41,42)29-19-14-24(15-20-29)16-21-31(39)38(23-25-12-17-28(35)18-13-25)32(26-8-4-3-5-9-26)33(40)36-22-27-10-6-7-11-30(27)34/h3-15,17-20,32,37H,2,16,21-23H2,1H3,(H,36,40). The number of carbonyl (C=O) groups excluding carboxylic acids is 2. The van der Waals surface area contributed by atoms with E-state index < -0.39 is 21.9 Å². The molecule has 0 aromatic heterocycles. The van der Waals surface area contributed by atoms with Crippen molar-refractivity contribution < 1.29 is 22.4 Å². The zero-order valence-electron chi connectivity index (χ0n) is 23.7. The average molecular weight is 622 g/mol. The monoisotopic (exact) mass is 621 g/mol. The fourth-order valence-corrected chi connectivity index (χ4v) is 5.89. The average Bonchev–Trinajstić information content (AvgIpc) is 3.01. The number of nitrogens with one attached hydrogen (secondary N) is 2. The van der Waals surface area contributed by atoms with Crippen molar-refractivity contribution in [2.24, 2.45) is 0 Å². The molecule has 224 valence electrons. The third kappa shape index (κ3) is 8.73. The van der Waals surface area contributed by atoms with E-state index in [2.05, 4.69) is 10.0 Å². The molecular formula is C33H33ClFN3O4S. The molecule has 4 aromatic carbocycles. The van der Waals surface area contributed by atoms with Crippen LogP contribution in [0, 0.1) is 5.82 Å². The fraction of sp³-hybridized carbons (Fsp3) is 0.212. The van der Waals surface area contributed by atoms with Crippen LogP contribution in [0.3, 0.4) is 0 Å². The van der Waals surface area contributed by atoms with Gasteiger partial charge in [0.1, 0.15) is 11.9 Å². The van der Waals surface area contributed by atoms with Crippen LogP contribution in [0.4, 0.5) is 4.39 Å². The molecular weight excluding hydrogens is 589 g/mol. The van der Waals surface area contributed by atoms with Gasteiger partial charge in [-0.05, 0) is 59.0 Å². The van der Waals surface area contributed by atoms with Crippen molar-refractivity contribution in [3.8, 4) is 0 Å². The highest BCUT2D eigenvalue weighted by atomic mass is 35.5. The first kappa shape index (κ1) is 31.9. The van der Waals surface area contributed by atoms with Gasteiger partial charge >= 0.3 is 0 Å². The van der Waals surface area contributed by atoms with Crippen LogP contribution < -0.4 is 10.0 Å². The SMILES string of the molecule is CCNS(=O)(=O)c1ccc(CCC(=O)N(Cc2ccc(F)cc2)C(C(=O)NCc2ccccc2Cl)c2ccccc2)cc1. The van der Waals surface area contributed by atoms with E-state index in [1.165, 1.54) is 29.2 Å². The summed E-state index contributed by atoms with van der Waals surface area (Å²) in [5.74, 6) is -1.09. The molecule has 10 heteroatoms. The maximum Gasteiger partial charge on any atom is 0.247 e. The van der Waals surface area contributed by atoms with E-state index >= 15 is 0 Å². The molecule has 0 saturated heterocycles. The number of rotatable bonds is 13. The second kappa shape index (κ2) is 14.9. The summed E-state index contributed by atoms with van der Waals surface area (Å²) >= 11 is 6.30. The van der Waals surface area contributed by atoms with Gasteiger partial charge < -0.3 is 10.2 Å². The van der Waals surface area contributed by atoms with Crippen molar-refractivity contribution in [1.29, 1.82) is 0 Å². The zero-order chi connectivity index (χ0) is 30.8. The van der Waals surface area contributed by atoms with Crippen LogP contribution in [-0.4, -0.2) is 31.7 Å². The number of hydrogen-bond acceptors (Lipinski definition) is 4. The minimum Gasteiger partial charge on any atom is -0.350 e. The molecule has 4 aromatic rings. The lowest BCUT2D eigenvalue weighted by atomic mass is 10.0. The summed E-state index contributed by atoms with van der Waals surface area (Å²) in [6, 6.07) is 27.4. The van der Waals surface area contributed by atoms with Crippen molar-refractivity contribution in [3.63, 3.8) is 0 Å². The molecule has 0 radical (unpaired) electrons. The van der Waals surface area contributed by atoms with E-state index in [9.17, 15) is 22.4 Å².